The quantitative estimate of drug-likeness (QED) is 0.367. The number of likely N-dealkylation sites (tertiary alicyclic amines) is 1. The number of amides is 1. The van der Waals surface area contributed by atoms with Gasteiger partial charge in [0.2, 0.25) is 10.0 Å². The van der Waals surface area contributed by atoms with Crippen molar-refractivity contribution >= 4 is 56.3 Å². The minimum Gasteiger partial charge on any atom is -0.339 e. The van der Waals surface area contributed by atoms with Gasteiger partial charge in [-0.05, 0) is 54.7 Å². The summed E-state index contributed by atoms with van der Waals surface area (Å²) in [5.41, 5.74) is 1.68. The maximum Gasteiger partial charge on any atom is 0.259 e. The minimum absolute atomic E-state index is 0.0309. The van der Waals surface area contributed by atoms with Crippen molar-refractivity contribution in [2.75, 3.05) is 18.4 Å². The van der Waals surface area contributed by atoms with Gasteiger partial charge in [-0.3, -0.25) is 4.79 Å². The van der Waals surface area contributed by atoms with Crippen molar-refractivity contribution in [3.63, 3.8) is 0 Å². The monoisotopic (exact) mass is 562 g/mol. The molecule has 0 aliphatic carbocycles. The number of rotatable bonds is 5. The summed E-state index contributed by atoms with van der Waals surface area (Å²) in [4.78, 5) is 19.3. The Kier molecular flexibility index (Phi) is 6.80. The highest BCUT2D eigenvalue weighted by atomic mass is 35.5. The van der Waals surface area contributed by atoms with Crippen LogP contribution in [-0.4, -0.2) is 46.9 Å². The molecule has 5 rings (SSSR count). The smallest absolute Gasteiger partial charge is 0.259 e. The molecule has 1 aliphatic rings. The van der Waals surface area contributed by atoms with E-state index >= 15 is 0 Å². The van der Waals surface area contributed by atoms with Crippen LogP contribution in [-0.2, 0) is 10.0 Å². The third kappa shape index (κ3) is 5.12. The van der Waals surface area contributed by atoms with E-state index in [0.717, 1.165) is 11.8 Å². The lowest BCUT2D eigenvalue weighted by atomic mass is 9.89. The third-order valence-electron chi connectivity index (χ3n) is 6.34. The summed E-state index contributed by atoms with van der Waals surface area (Å²) in [5.74, 6) is -0.181. The van der Waals surface area contributed by atoms with E-state index in [1.807, 2.05) is 0 Å². The van der Waals surface area contributed by atoms with Gasteiger partial charge in [-0.15, -0.1) is 0 Å². The molecule has 0 unspecified atom stereocenters. The number of fused-ring (bicyclic) bond motifs is 1. The molecule has 1 amide bonds. The minimum atomic E-state index is -4.11. The highest BCUT2D eigenvalue weighted by molar-refractivity contribution is 7.89. The van der Waals surface area contributed by atoms with Gasteiger partial charge in [0, 0.05) is 25.0 Å². The first-order valence-electron chi connectivity index (χ1n) is 11.3. The third-order valence-corrected chi connectivity index (χ3v) is 7.98. The normalized spacial score (nSPS) is 14.8. The number of piperidine rings is 1. The second kappa shape index (κ2) is 9.90. The zero-order valence-corrected chi connectivity index (χ0v) is 21.6. The van der Waals surface area contributed by atoms with E-state index in [-0.39, 0.29) is 39.6 Å². The lowest BCUT2D eigenvalue weighted by Gasteiger charge is -2.32. The van der Waals surface area contributed by atoms with Crippen molar-refractivity contribution in [2.45, 2.75) is 23.7 Å². The van der Waals surface area contributed by atoms with Crippen molar-refractivity contribution in [3.8, 4) is 0 Å². The molecule has 2 aromatic carbocycles. The summed E-state index contributed by atoms with van der Waals surface area (Å²) in [7, 11) is -4.11. The number of nitrogens with two attached hydrogens (primary N) is 1. The Balaban J connectivity index is 1.48. The van der Waals surface area contributed by atoms with Gasteiger partial charge in [-0.25, -0.2) is 22.9 Å². The predicted octanol–water partition coefficient (Wildman–Crippen LogP) is 4.59. The first-order valence-corrected chi connectivity index (χ1v) is 13.6. The zero-order valence-electron chi connectivity index (χ0n) is 19.2. The molecule has 37 heavy (non-hydrogen) atoms. The molecule has 1 fully saturated rings. The van der Waals surface area contributed by atoms with Gasteiger partial charge < -0.3 is 10.2 Å². The Bertz CT molecular complexity index is 1600. The number of hydrogen-bond acceptors (Lipinski definition) is 6. The summed E-state index contributed by atoms with van der Waals surface area (Å²) in [6, 6.07) is 11.2. The van der Waals surface area contributed by atoms with Gasteiger partial charge in [-0.2, -0.15) is 9.61 Å². The zero-order chi connectivity index (χ0) is 26.3. The van der Waals surface area contributed by atoms with E-state index in [1.165, 1.54) is 22.8 Å². The number of nitrogens with one attached hydrogen (secondary N) is 1. The first kappa shape index (κ1) is 25.4. The van der Waals surface area contributed by atoms with Crippen LogP contribution in [0.15, 0.2) is 59.8 Å². The Morgan fingerprint density at radius 1 is 1.05 bits per heavy atom. The number of anilines is 2. The molecule has 9 nitrogen and oxygen atoms in total. The number of halogens is 3. The molecule has 0 bridgehead atoms. The molecule has 13 heteroatoms. The molecule has 0 radical (unpaired) electrons. The Labute approximate surface area is 222 Å². The molecular formula is C24H21Cl2FN6O3S. The van der Waals surface area contributed by atoms with E-state index < -0.39 is 10.0 Å². The van der Waals surface area contributed by atoms with Crippen LogP contribution >= 0.6 is 23.2 Å². The maximum atomic E-state index is 13.6. The van der Waals surface area contributed by atoms with Crippen molar-refractivity contribution in [3.05, 3.63) is 81.8 Å². The molecular weight excluding hydrogens is 542 g/mol. The molecule has 0 atom stereocenters. The SMILES string of the molecule is NS(=O)(=O)c1cnn2c(Nc3ccc(Cl)c(Cl)c3)c(C(=O)N3CCC(c4ccc(F)cc4)CC3)cnc12. The first-order chi connectivity index (χ1) is 17.6. The highest BCUT2D eigenvalue weighted by Crippen LogP contribution is 2.32. The summed E-state index contributed by atoms with van der Waals surface area (Å²) < 4.78 is 38.6. The Morgan fingerprint density at radius 2 is 1.76 bits per heavy atom. The van der Waals surface area contributed by atoms with Gasteiger partial charge in [0.1, 0.15) is 22.1 Å². The van der Waals surface area contributed by atoms with Gasteiger partial charge in [0.15, 0.2) is 5.65 Å². The molecule has 1 saturated heterocycles. The second-order valence-corrected chi connectivity index (χ2v) is 11.0. The fraction of sp³-hybridized carbons (Fsp3) is 0.208. The molecule has 0 spiro atoms. The molecule has 3 N–H and O–H groups in total. The van der Waals surface area contributed by atoms with E-state index in [4.69, 9.17) is 28.3 Å². The lowest BCUT2D eigenvalue weighted by molar-refractivity contribution is 0.0713. The molecule has 2 aromatic heterocycles. The van der Waals surface area contributed by atoms with Crippen molar-refractivity contribution in [2.24, 2.45) is 5.14 Å². The van der Waals surface area contributed by atoms with Crippen LogP contribution in [0.2, 0.25) is 10.0 Å². The van der Waals surface area contributed by atoms with Crippen LogP contribution < -0.4 is 10.5 Å². The number of hydrogen-bond donors (Lipinski definition) is 2. The summed E-state index contributed by atoms with van der Waals surface area (Å²) in [6.45, 7) is 0.958. The summed E-state index contributed by atoms with van der Waals surface area (Å²) in [6.07, 6.45) is 3.81. The Hall–Kier alpha value is -3.25. The molecule has 4 aromatic rings. The van der Waals surface area contributed by atoms with Crippen molar-refractivity contribution in [1.82, 2.24) is 19.5 Å². The van der Waals surface area contributed by atoms with E-state index in [2.05, 4.69) is 15.4 Å². The largest absolute Gasteiger partial charge is 0.339 e. The van der Waals surface area contributed by atoms with E-state index in [9.17, 15) is 17.6 Å². The molecule has 192 valence electrons. The molecule has 0 saturated carbocycles. The van der Waals surface area contributed by atoms with Crippen LogP contribution in [0.25, 0.3) is 5.65 Å². The van der Waals surface area contributed by atoms with Crippen LogP contribution in [0, 0.1) is 5.82 Å². The van der Waals surface area contributed by atoms with E-state index in [0.29, 0.717) is 41.7 Å². The number of carbonyl (C=O) groups is 1. The topological polar surface area (TPSA) is 123 Å². The van der Waals surface area contributed by atoms with Gasteiger partial charge >= 0.3 is 0 Å². The predicted molar refractivity (Wildman–Crippen MR) is 138 cm³/mol. The lowest BCUT2D eigenvalue weighted by Crippen LogP contribution is -2.38. The number of benzene rings is 2. The number of carbonyl (C=O) groups excluding carboxylic acids is 1. The number of sulfonamides is 1. The van der Waals surface area contributed by atoms with Crippen molar-refractivity contribution < 1.29 is 17.6 Å². The van der Waals surface area contributed by atoms with Crippen LogP contribution in [0.1, 0.15) is 34.7 Å². The van der Waals surface area contributed by atoms with Crippen LogP contribution in [0.5, 0.6) is 0 Å². The summed E-state index contributed by atoms with van der Waals surface area (Å²) in [5, 5.41) is 13.2. The second-order valence-electron chi connectivity index (χ2n) is 8.68. The van der Waals surface area contributed by atoms with E-state index in [1.54, 1.807) is 35.2 Å². The fourth-order valence-corrected chi connectivity index (χ4v) is 5.30. The van der Waals surface area contributed by atoms with Gasteiger partial charge in [0.25, 0.3) is 5.91 Å². The molecule has 3 heterocycles. The van der Waals surface area contributed by atoms with Crippen LogP contribution in [0.3, 0.4) is 0 Å². The van der Waals surface area contributed by atoms with Crippen molar-refractivity contribution in [1.29, 1.82) is 0 Å². The highest BCUT2D eigenvalue weighted by Gasteiger charge is 2.29. The number of nitrogens with zero attached hydrogens (tertiary/aromatic N) is 4. The van der Waals surface area contributed by atoms with Gasteiger partial charge in [0.05, 0.1) is 16.2 Å². The standard InChI is InChI=1S/C24H21Cl2FN6O3S/c25-19-6-5-17(11-20(19)26)31-22-18(12-29-23-21(37(28,35)36)13-30-33(22)23)24(34)32-9-7-15(8-10-32)14-1-3-16(27)4-2-14/h1-6,11-13,15,31H,7-10H2,(H2,28,35,36). The number of aromatic nitrogens is 3. The van der Waals surface area contributed by atoms with Crippen LogP contribution in [0.4, 0.5) is 15.9 Å². The number of primary sulfonamides is 1. The average molecular weight is 563 g/mol. The fourth-order valence-electron chi connectivity index (χ4n) is 4.42. The average Bonchev–Trinajstić information content (AvgIpc) is 3.32. The Morgan fingerprint density at radius 3 is 2.41 bits per heavy atom. The summed E-state index contributed by atoms with van der Waals surface area (Å²) >= 11 is 12.2. The molecule has 1 aliphatic heterocycles. The van der Waals surface area contributed by atoms with Gasteiger partial charge in [-0.1, -0.05) is 35.3 Å². The maximum absolute atomic E-state index is 13.6.